The van der Waals surface area contributed by atoms with Crippen LogP contribution in [0.25, 0.3) is 17.2 Å². The Hall–Kier alpha value is -3.37. The van der Waals surface area contributed by atoms with E-state index in [0.29, 0.717) is 0 Å². The predicted octanol–water partition coefficient (Wildman–Crippen LogP) is 6.58. The quantitative estimate of drug-likeness (QED) is 0.266. The van der Waals surface area contributed by atoms with Crippen LogP contribution in [0.5, 0.6) is 0 Å². The highest BCUT2D eigenvalue weighted by Gasteiger charge is 1.95. The fraction of sp³-hybridized carbons (Fsp3) is 0.148. The van der Waals surface area contributed by atoms with E-state index in [1.54, 1.807) is 0 Å². The maximum atomic E-state index is 4.43. The highest BCUT2D eigenvalue weighted by atomic mass is 14.7. The second-order valence-electron chi connectivity index (χ2n) is 6.62. The van der Waals surface area contributed by atoms with E-state index in [1.807, 2.05) is 18.4 Å². The Morgan fingerprint density at radius 3 is 2.32 bits per heavy atom. The molecular formula is C27H25N. The van der Waals surface area contributed by atoms with Gasteiger partial charge < -0.3 is 0 Å². The van der Waals surface area contributed by atoms with Crippen molar-refractivity contribution in [3.05, 3.63) is 102 Å². The van der Waals surface area contributed by atoms with Gasteiger partial charge in [-0.3, -0.25) is 4.99 Å². The lowest BCUT2D eigenvalue weighted by Crippen LogP contribution is -1.82. The van der Waals surface area contributed by atoms with Crippen LogP contribution in [0.4, 0.5) is 0 Å². The van der Waals surface area contributed by atoms with Crippen molar-refractivity contribution in [1.82, 2.24) is 0 Å². The van der Waals surface area contributed by atoms with Crippen molar-refractivity contribution in [2.75, 3.05) is 6.54 Å². The molecule has 0 bridgehead atoms. The average molecular weight is 364 g/mol. The molecule has 28 heavy (non-hydrogen) atoms. The summed E-state index contributed by atoms with van der Waals surface area (Å²) >= 11 is 0. The maximum Gasteiger partial charge on any atom is 0.0398 e. The molecule has 0 unspecified atom stereocenters. The Labute approximate surface area is 168 Å². The zero-order valence-electron chi connectivity index (χ0n) is 16.3. The van der Waals surface area contributed by atoms with Gasteiger partial charge in [-0.15, -0.1) is 0 Å². The second kappa shape index (κ2) is 10.7. The molecule has 0 spiro atoms. The molecule has 0 heterocycles. The molecule has 0 aliphatic rings. The van der Waals surface area contributed by atoms with Crippen molar-refractivity contribution in [2.24, 2.45) is 4.99 Å². The zero-order valence-corrected chi connectivity index (χ0v) is 16.3. The molecule has 0 amide bonds. The molecule has 0 saturated heterocycles. The number of hydrogen-bond donors (Lipinski definition) is 0. The summed E-state index contributed by atoms with van der Waals surface area (Å²) in [5.41, 5.74) is 6.03. The van der Waals surface area contributed by atoms with E-state index in [2.05, 4.69) is 103 Å². The zero-order chi connectivity index (χ0) is 19.4. The summed E-state index contributed by atoms with van der Waals surface area (Å²) in [6.45, 7) is 2.92. The molecule has 0 aliphatic heterocycles. The third-order valence-electron chi connectivity index (χ3n) is 4.47. The van der Waals surface area contributed by atoms with E-state index in [9.17, 15) is 0 Å². The first-order chi connectivity index (χ1) is 13.8. The molecule has 3 aromatic rings. The van der Waals surface area contributed by atoms with Crippen LogP contribution in [-0.4, -0.2) is 12.8 Å². The van der Waals surface area contributed by atoms with Crippen molar-refractivity contribution in [3.63, 3.8) is 0 Å². The molecule has 1 heteroatoms. The number of rotatable bonds is 6. The van der Waals surface area contributed by atoms with Crippen LogP contribution in [0.15, 0.2) is 89.9 Å². The number of aliphatic imine (C=N–C) groups is 1. The van der Waals surface area contributed by atoms with Crippen LogP contribution in [0.3, 0.4) is 0 Å². The van der Waals surface area contributed by atoms with Gasteiger partial charge in [0.1, 0.15) is 0 Å². The summed E-state index contributed by atoms with van der Waals surface area (Å²) in [5.74, 6) is 6.48. The molecule has 1 nitrogen and oxygen atoms in total. The topological polar surface area (TPSA) is 12.4 Å². The van der Waals surface area contributed by atoms with Crippen LogP contribution in [-0.2, 0) is 0 Å². The summed E-state index contributed by atoms with van der Waals surface area (Å²) < 4.78 is 0. The molecule has 0 radical (unpaired) electrons. The Morgan fingerprint density at radius 1 is 0.821 bits per heavy atom. The molecule has 0 aliphatic carbocycles. The van der Waals surface area contributed by atoms with Gasteiger partial charge in [0.15, 0.2) is 0 Å². The van der Waals surface area contributed by atoms with Crippen molar-refractivity contribution in [2.45, 2.75) is 19.8 Å². The minimum absolute atomic E-state index is 0.805. The number of hydrogen-bond acceptors (Lipinski definition) is 1. The van der Waals surface area contributed by atoms with Gasteiger partial charge in [-0.2, -0.15) is 0 Å². The summed E-state index contributed by atoms with van der Waals surface area (Å²) in [5, 5.41) is 0. The largest absolute Gasteiger partial charge is 0.293 e. The summed E-state index contributed by atoms with van der Waals surface area (Å²) in [6, 6.07) is 27.2. The normalized spacial score (nSPS) is 10.9. The van der Waals surface area contributed by atoms with Gasteiger partial charge in [-0.25, -0.2) is 0 Å². The van der Waals surface area contributed by atoms with E-state index in [0.717, 1.165) is 24.9 Å². The monoisotopic (exact) mass is 363 g/mol. The van der Waals surface area contributed by atoms with Gasteiger partial charge in [0, 0.05) is 24.7 Å². The summed E-state index contributed by atoms with van der Waals surface area (Å²) in [4.78, 5) is 4.43. The van der Waals surface area contributed by atoms with Gasteiger partial charge in [0.25, 0.3) is 0 Å². The first-order valence-electron chi connectivity index (χ1n) is 9.69. The molecule has 138 valence electrons. The van der Waals surface area contributed by atoms with E-state index in [1.165, 1.54) is 22.3 Å². The maximum absolute atomic E-state index is 4.43. The van der Waals surface area contributed by atoms with Gasteiger partial charge in [-0.1, -0.05) is 84.6 Å². The smallest absolute Gasteiger partial charge is 0.0398 e. The van der Waals surface area contributed by atoms with Gasteiger partial charge in [-0.05, 0) is 53.8 Å². The number of nitrogens with zero attached hydrogens (tertiary/aromatic N) is 1. The van der Waals surface area contributed by atoms with Crippen molar-refractivity contribution in [3.8, 4) is 23.0 Å². The van der Waals surface area contributed by atoms with Crippen LogP contribution in [0, 0.1) is 18.8 Å². The minimum Gasteiger partial charge on any atom is -0.293 e. The molecule has 3 aromatic carbocycles. The van der Waals surface area contributed by atoms with E-state index in [-0.39, 0.29) is 0 Å². The fourth-order valence-electron chi connectivity index (χ4n) is 2.86. The Kier molecular flexibility index (Phi) is 7.41. The molecule has 3 rings (SSSR count). The van der Waals surface area contributed by atoms with Crippen molar-refractivity contribution in [1.29, 1.82) is 0 Å². The lowest BCUT2D eigenvalue weighted by molar-refractivity contribution is 0.874. The number of unbranched alkanes of at least 4 members (excludes halogenated alkanes) is 1. The Balaban J connectivity index is 1.40. The molecule has 0 aromatic heterocycles. The Morgan fingerprint density at radius 2 is 1.54 bits per heavy atom. The van der Waals surface area contributed by atoms with Gasteiger partial charge >= 0.3 is 0 Å². The lowest BCUT2D eigenvalue weighted by Gasteiger charge is -2.00. The third kappa shape index (κ3) is 6.11. The van der Waals surface area contributed by atoms with Crippen molar-refractivity contribution < 1.29 is 0 Å². The number of aryl methyl sites for hydroxylation is 1. The number of allylic oxidation sites excluding steroid dienone is 1. The highest BCUT2D eigenvalue weighted by molar-refractivity contribution is 5.78. The van der Waals surface area contributed by atoms with Crippen LogP contribution in [0.2, 0.25) is 0 Å². The first kappa shape index (κ1) is 19.4. The van der Waals surface area contributed by atoms with Crippen molar-refractivity contribution >= 4 is 12.3 Å². The van der Waals surface area contributed by atoms with Crippen LogP contribution in [0.1, 0.15) is 29.5 Å². The van der Waals surface area contributed by atoms with Crippen LogP contribution >= 0.6 is 0 Å². The van der Waals surface area contributed by atoms with Crippen LogP contribution < -0.4 is 0 Å². The molecule has 0 saturated carbocycles. The van der Waals surface area contributed by atoms with E-state index < -0.39 is 0 Å². The summed E-state index contributed by atoms with van der Waals surface area (Å²) in [7, 11) is 0. The SMILES string of the molecule is Cc1ccccc1/C=C\C=N\CCCC#Cc1ccc(-c2ccccc2)cc1. The third-order valence-corrected chi connectivity index (χ3v) is 4.47. The lowest BCUT2D eigenvalue weighted by atomic mass is 10.0. The second-order valence-corrected chi connectivity index (χ2v) is 6.62. The number of benzene rings is 3. The van der Waals surface area contributed by atoms with Gasteiger partial charge in [0.05, 0.1) is 0 Å². The average Bonchev–Trinajstić information content (AvgIpc) is 2.75. The standard InChI is InChI=1S/C27H25N/c1-23-11-7-8-13-25(23)16-10-22-28-21-9-3-4-12-24-17-19-27(20-18-24)26-14-5-2-6-15-26/h2,5-8,10-11,13-20,22H,3,9,21H2,1H3/b16-10-,28-22+. The molecule has 0 N–H and O–H groups in total. The fourth-order valence-corrected chi connectivity index (χ4v) is 2.86. The minimum atomic E-state index is 0.805. The molecule has 0 fully saturated rings. The molecule has 0 atom stereocenters. The van der Waals surface area contributed by atoms with E-state index >= 15 is 0 Å². The van der Waals surface area contributed by atoms with E-state index in [4.69, 9.17) is 0 Å². The predicted molar refractivity (Wildman–Crippen MR) is 122 cm³/mol. The summed E-state index contributed by atoms with van der Waals surface area (Å²) in [6.07, 6.45) is 7.81. The van der Waals surface area contributed by atoms with Gasteiger partial charge in [0.2, 0.25) is 0 Å². The first-order valence-corrected chi connectivity index (χ1v) is 9.69. The molecular weight excluding hydrogens is 338 g/mol. The highest BCUT2D eigenvalue weighted by Crippen LogP contribution is 2.18. The Bertz CT molecular complexity index is 984.